The summed E-state index contributed by atoms with van der Waals surface area (Å²) < 4.78 is 25.1. The number of anilines is 3. The Kier molecular flexibility index (Phi) is 10.3. The molecular weight excluding hydrogens is 489 g/mol. The van der Waals surface area contributed by atoms with E-state index in [2.05, 4.69) is 22.5 Å². The highest BCUT2D eigenvalue weighted by molar-refractivity contribution is 6.30. The van der Waals surface area contributed by atoms with E-state index in [0.717, 1.165) is 43.1 Å². The number of carboxylic acid groups (broad SMARTS) is 1. The first-order valence-corrected chi connectivity index (χ1v) is 12.4. The Bertz CT molecular complexity index is 1050. The fourth-order valence-corrected chi connectivity index (χ4v) is 4.61. The Morgan fingerprint density at radius 2 is 1.92 bits per heavy atom. The third-order valence-corrected chi connectivity index (χ3v) is 6.35. The van der Waals surface area contributed by atoms with E-state index in [-0.39, 0.29) is 29.8 Å². The van der Waals surface area contributed by atoms with Crippen molar-refractivity contribution in [3.05, 3.63) is 52.8 Å². The molecule has 8 nitrogen and oxygen atoms in total. The monoisotopic (exact) mass is 521 g/mol. The molecule has 0 aliphatic carbocycles. The zero-order valence-corrected chi connectivity index (χ0v) is 21.3. The molecule has 1 aliphatic rings. The summed E-state index contributed by atoms with van der Waals surface area (Å²) in [5, 5.41) is 15.0. The van der Waals surface area contributed by atoms with Crippen LogP contribution in [0.1, 0.15) is 44.1 Å². The van der Waals surface area contributed by atoms with Crippen molar-refractivity contribution < 1.29 is 28.6 Å². The molecule has 0 bridgehead atoms. The van der Waals surface area contributed by atoms with Gasteiger partial charge >= 0.3 is 12.0 Å². The number of carboxylic acids is 1. The predicted molar refractivity (Wildman–Crippen MR) is 139 cm³/mol. The first-order chi connectivity index (χ1) is 17.3. The van der Waals surface area contributed by atoms with Crippen molar-refractivity contribution in [2.24, 2.45) is 0 Å². The standard InChI is InChI=1S/C26H33ClFN3O5/c1-3-10-31(20-8-11-36-12-9-20)24-7-4-17(18(16-35-2)14-25(32)33)13-23(24)30-26(34)29-22-6-5-19(27)15-21(22)28/h4-7,13,15,18,20H,3,8-12,14,16H2,1-2H3,(H,32,33)(H2,29,30,34). The molecular formula is C26H33ClFN3O5. The number of urea groups is 1. The largest absolute Gasteiger partial charge is 0.481 e. The van der Waals surface area contributed by atoms with Crippen molar-refractivity contribution in [1.29, 1.82) is 0 Å². The van der Waals surface area contributed by atoms with Crippen LogP contribution in [0.4, 0.5) is 26.2 Å². The van der Waals surface area contributed by atoms with Crippen LogP contribution >= 0.6 is 11.6 Å². The van der Waals surface area contributed by atoms with Gasteiger partial charge in [0, 0.05) is 43.9 Å². The highest BCUT2D eigenvalue weighted by Crippen LogP contribution is 2.34. The van der Waals surface area contributed by atoms with E-state index >= 15 is 0 Å². The summed E-state index contributed by atoms with van der Waals surface area (Å²) in [4.78, 5) is 26.6. The van der Waals surface area contributed by atoms with E-state index < -0.39 is 23.7 Å². The van der Waals surface area contributed by atoms with E-state index in [1.165, 1.54) is 19.2 Å². The molecule has 1 fully saturated rings. The Hall–Kier alpha value is -2.88. The van der Waals surface area contributed by atoms with E-state index in [9.17, 15) is 19.1 Å². The molecule has 0 radical (unpaired) electrons. The number of nitrogens with zero attached hydrogens (tertiary/aromatic N) is 1. The maximum Gasteiger partial charge on any atom is 0.323 e. The summed E-state index contributed by atoms with van der Waals surface area (Å²) in [6.45, 7) is 4.40. The number of methoxy groups -OCH3 is 1. The lowest BCUT2D eigenvalue weighted by molar-refractivity contribution is -0.137. The third-order valence-electron chi connectivity index (χ3n) is 6.11. The first kappa shape index (κ1) is 27.7. The van der Waals surface area contributed by atoms with Gasteiger partial charge in [-0.25, -0.2) is 9.18 Å². The molecule has 1 saturated heterocycles. The summed E-state index contributed by atoms with van der Waals surface area (Å²) >= 11 is 5.82. The van der Waals surface area contributed by atoms with Crippen LogP contribution in [0, 0.1) is 5.82 Å². The summed E-state index contributed by atoms with van der Waals surface area (Å²) in [5.41, 5.74) is 2.03. The van der Waals surface area contributed by atoms with Gasteiger partial charge in [-0.3, -0.25) is 4.79 Å². The number of nitrogens with one attached hydrogen (secondary N) is 2. The quantitative estimate of drug-likeness (QED) is 0.349. The lowest BCUT2D eigenvalue weighted by Crippen LogP contribution is -2.40. The lowest BCUT2D eigenvalue weighted by atomic mass is 9.95. The number of hydrogen-bond acceptors (Lipinski definition) is 5. The molecule has 0 saturated carbocycles. The number of benzene rings is 2. The van der Waals surface area contributed by atoms with Crippen LogP contribution < -0.4 is 15.5 Å². The van der Waals surface area contributed by atoms with Gasteiger partial charge in [0.15, 0.2) is 0 Å². The highest BCUT2D eigenvalue weighted by atomic mass is 35.5. The SMILES string of the molecule is CCCN(c1ccc(C(COC)CC(=O)O)cc1NC(=O)Nc1ccc(Cl)cc1F)C1CCOCC1. The van der Waals surface area contributed by atoms with E-state index in [1.54, 1.807) is 6.07 Å². The molecule has 1 unspecified atom stereocenters. The van der Waals surface area contributed by atoms with Gasteiger partial charge in [0.05, 0.1) is 30.1 Å². The second kappa shape index (κ2) is 13.4. The maximum absolute atomic E-state index is 14.3. The van der Waals surface area contributed by atoms with Crippen molar-refractivity contribution in [1.82, 2.24) is 0 Å². The normalized spacial score (nSPS) is 14.8. The van der Waals surface area contributed by atoms with Gasteiger partial charge < -0.3 is 30.1 Å². The van der Waals surface area contributed by atoms with Gasteiger partial charge in [-0.1, -0.05) is 24.6 Å². The number of carbonyl (C=O) groups excluding carboxylic acids is 1. The van der Waals surface area contributed by atoms with E-state index in [0.29, 0.717) is 18.9 Å². The van der Waals surface area contributed by atoms with E-state index in [4.69, 9.17) is 21.1 Å². The Balaban J connectivity index is 1.96. The number of aliphatic carboxylic acids is 1. The second-order valence-corrected chi connectivity index (χ2v) is 9.20. The summed E-state index contributed by atoms with van der Waals surface area (Å²) in [6, 6.07) is 9.17. The third kappa shape index (κ3) is 7.56. The van der Waals surface area contributed by atoms with Gasteiger partial charge in [0.25, 0.3) is 0 Å². The molecule has 1 heterocycles. The van der Waals surface area contributed by atoms with Gasteiger partial charge in [-0.2, -0.15) is 0 Å². The number of ether oxygens (including phenoxy) is 2. The molecule has 196 valence electrons. The van der Waals surface area contributed by atoms with Gasteiger partial charge in [0.2, 0.25) is 0 Å². The fourth-order valence-electron chi connectivity index (χ4n) is 4.45. The molecule has 36 heavy (non-hydrogen) atoms. The smallest absolute Gasteiger partial charge is 0.323 e. The van der Waals surface area contributed by atoms with Crippen LogP contribution in [-0.2, 0) is 14.3 Å². The number of halogens is 2. The van der Waals surface area contributed by atoms with E-state index in [1.807, 2.05) is 12.1 Å². The zero-order valence-electron chi connectivity index (χ0n) is 20.6. The first-order valence-electron chi connectivity index (χ1n) is 12.0. The summed E-state index contributed by atoms with van der Waals surface area (Å²) in [5.74, 6) is -1.99. The Labute approximate surface area is 215 Å². The summed E-state index contributed by atoms with van der Waals surface area (Å²) in [6.07, 6.45) is 2.49. The van der Waals surface area contributed by atoms with Gasteiger partial charge in [-0.15, -0.1) is 0 Å². The molecule has 10 heteroatoms. The molecule has 3 N–H and O–H groups in total. The minimum absolute atomic E-state index is 0.00687. The van der Waals surface area contributed by atoms with Crippen LogP contribution in [0.25, 0.3) is 0 Å². The summed E-state index contributed by atoms with van der Waals surface area (Å²) in [7, 11) is 1.52. The molecule has 2 amide bonds. The Morgan fingerprint density at radius 1 is 1.19 bits per heavy atom. The van der Waals surface area contributed by atoms with Gasteiger partial charge in [0.1, 0.15) is 5.82 Å². The number of rotatable bonds is 11. The minimum Gasteiger partial charge on any atom is -0.481 e. The molecule has 0 aromatic heterocycles. The minimum atomic E-state index is -0.943. The number of amides is 2. The van der Waals surface area contributed by atoms with Crippen molar-refractivity contribution in [2.75, 3.05) is 49.0 Å². The van der Waals surface area contributed by atoms with Crippen LogP contribution in [-0.4, -0.2) is 56.6 Å². The zero-order chi connectivity index (χ0) is 26.1. The van der Waals surface area contributed by atoms with Crippen molar-refractivity contribution in [2.45, 2.75) is 44.6 Å². The average molecular weight is 522 g/mol. The molecule has 2 aromatic rings. The van der Waals surface area contributed by atoms with Crippen LogP contribution in [0.3, 0.4) is 0 Å². The molecule has 3 rings (SSSR count). The van der Waals surface area contributed by atoms with Crippen LogP contribution in [0.15, 0.2) is 36.4 Å². The topological polar surface area (TPSA) is 100 Å². The van der Waals surface area contributed by atoms with Crippen molar-refractivity contribution in [3.63, 3.8) is 0 Å². The predicted octanol–water partition coefficient (Wildman–Crippen LogP) is 5.72. The number of carbonyl (C=O) groups is 2. The molecule has 1 aliphatic heterocycles. The van der Waals surface area contributed by atoms with Crippen molar-refractivity contribution >= 4 is 40.7 Å². The van der Waals surface area contributed by atoms with Gasteiger partial charge in [-0.05, 0) is 55.2 Å². The average Bonchev–Trinajstić information content (AvgIpc) is 2.84. The Morgan fingerprint density at radius 3 is 2.56 bits per heavy atom. The maximum atomic E-state index is 14.3. The second-order valence-electron chi connectivity index (χ2n) is 8.77. The molecule has 0 spiro atoms. The van der Waals surface area contributed by atoms with Crippen molar-refractivity contribution in [3.8, 4) is 0 Å². The lowest BCUT2D eigenvalue weighted by Gasteiger charge is -2.37. The highest BCUT2D eigenvalue weighted by Gasteiger charge is 2.25. The molecule has 1 atom stereocenters. The van der Waals surface area contributed by atoms with Crippen LogP contribution in [0.5, 0.6) is 0 Å². The number of hydrogen-bond donors (Lipinski definition) is 3. The van der Waals surface area contributed by atoms with Crippen LogP contribution in [0.2, 0.25) is 5.02 Å². The molecule has 2 aromatic carbocycles. The fraction of sp³-hybridized carbons (Fsp3) is 0.462.